The Bertz CT molecular complexity index is 610. The van der Waals surface area contributed by atoms with Gasteiger partial charge in [-0.3, -0.25) is 4.79 Å². The Morgan fingerprint density at radius 1 is 1.19 bits per heavy atom. The zero-order valence-corrected chi connectivity index (χ0v) is 17.1. The molecule has 2 heterocycles. The number of fused-ring (bicyclic) bond motifs is 1. The first-order valence-electron chi connectivity index (χ1n) is 10.6. The highest BCUT2D eigenvalue weighted by molar-refractivity contribution is 5.99. The molecule has 1 saturated carbocycles. The molecule has 1 aliphatic heterocycles. The third-order valence-corrected chi connectivity index (χ3v) is 6.07. The number of nitrogens with zero attached hydrogens (tertiary/aromatic N) is 4. The van der Waals surface area contributed by atoms with Crippen LogP contribution < -0.4 is 4.90 Å². The maximum absolute atomic E-state index is 13.3. The summed E-state index contributed by atoms with van der Waals surface area (Å²) in [4.78, 5) is 17.9. The van der Waals surface area contributed by atoms with Crippen molar-refractivity contribution in [3.05, 3.63) is 11.8 Å². The fraction of sp³-hybridized carbons (Fsp3) is 0.810. The predicted octanol–water partition coefficient (Wildman–Crippen LogP) is 4.42. The zero-order chi connectivity index (χ0) is 18.7. The van der Waals surface area contributed by atoms with Gasteiger partial charge >= 0.3 is 0 Å². The second-order valence-electron chi connectivity index (χ2n) is 8.63. The lowest BCUT2D eigenvalue weighted by Crippen LogP contribution is -2.48. The van der Waals surface area contributed by atoms with E-state index < -0.39 is 0 Å². The Morgan fingerprint density at radius 2 is 1.85 bits per heavy atom. The maximum atomic E-state index is 13.3. The second-order valence-corrected chi connectivity index (χ2v) is 8.63. The highest BCUT2D eigenvalue weighted by atomic mass is 16.2. The summed E-state index contributed by atoms with van der Waals surface area (Å²) < 4.78 is 2.13. The number of aromatic nitrogens is 2. The third-order valence-electron chi connectivity index (χ3n) is 6.07. The van der Waals surface area contributed by atoms with Crippen LogP contribution in [0.15, 0.2) is 6.20 Å². The minimum atomic E-state index is -0.0284. The highest BCUT2D eigenvalue weighted by Gasteiger charge is 2.38. The molecule has 1 aromatic heterocycles. The summed E-state index contributed by atoms with van der Waals surface area (Å²) in [7, 11) is 0. The molecule has 5 nitrogen and oxygen atoms in total. The predicted molar refractivity (Wildman–Crippen MR) is 107 cm³/mol. The van der Waals surface area contributed by atoms with Crippen LogP contribution in [0, 0.1) is 0 Å². The minimum Gasteiger partial charge on any atom is -0.353 e. The van der Waals surface area contributed by atoms with Crippen molar-refractivity contribution in [2.24, 2.45) is 0 Å². The summed E-state index contributed by atoms with van der Waals surface area (Å²) in [5.74, 6) is 1.24. The Labute approximate surface area is 158 Å². The number of carbonyl (C=O) groups is 1. The fourth-order valence-corrected chi connectivity index (χ4v) is 4.59. The van der Waals surface area contributed by atoms with Gasteiger partial charge in [0.25, 0.3) is 5.91 Å². The van der Waals surface area contributed by atoms with Crippen molar-refractivity contribution < 1.29 is 4.79 Å². The number of hydrogen-bond acceptors (Lipinski definition) is 3. The quantitative estimate of drug-likeness (QED) is 0.754. The summed E-state index contributed by atoms with van der Waals surface area (Å²) in [6.45, 7) is 11.4. The maximum Gasteiger partial charge on any atom is 0.259 e. The number of amides is 1. The van der Waals surface area contributed by atoms with Crippen LogP contribution >= 0.6 is 0 Å². The lowest BCUT2D eigenvalue weighted by Gasteiger charge is -2.44. The fourth-order valence-electron chi connectivity index (χ4n) is 4.59. The molecule has 1 amide bonds. The van der Waals surface area contributed by atoms with Crippen LogP contribution in [0.25, 0.3) is 0 Å². The Hall–Kier alpha value is -1.52. The van der Waals surface area contributed by atoms with Crippen molar-refractivity contribution in [3.8, 4) is 0 Å². The summed E-state index contributed by atoms with van der Waals surface area (Å²) in [5.41, 5.74) is 0.782. The van der Waals surface area contributed by atoms with Crippen LogP contribution in [0.3, 0.4) is 0 Å². The van der Waals surface area contributed by atoms with E-state index in [0.29, 0.717) is 6.04 Å². The van der Waals surface area contributed by atoms with Crippen LogP contribution in [0.5, 0.6) is 0 Å². The molecule has 0 N–H and O–H groups in total. The molecule has 146 valence electrons. The van der Waals surface area contributed by atoms with E-state index in [2.05, 4.69) is 37.3 Å². The molecule has 1 fully saturated rings. The second kappa shape index (κ2) is 8.01. The van der Waals surface area contributed by atoms with E-state index >= 15 is 0 Å². The first kappa shape index (κ1) is 19.2. The Morgan fingerprint density at radius 3 is 2.46 bits per heavy atom. The summed E-state index contributed by atoms with van der Waals surface area (Å²) >= 11 is 0. The molecule has 0 aromatic carbocycles. The van der Waals surface area contributed by atoms with Gasteiger partial charge in [-0.15, -0.1) is 0 Å². The van der Waals surface area contributed by atoms with E-state index in [-0.39, 0.29) is 11.4 Å². The van der Waals surface area contributed by atoms with E-state index in [4.69, 9.17) is 5.10 Å². The normalized spacial score (nSPS) is 20.1. The van der Waals surface area contributed by atoms with Gasteiger partial charge in [0.2, 0.25) is 0 Å². The highest BCUT2D eigenvalue weighted by Crippen LogP contribution is 2.38. The van der Waals surface area contributed by atoms with Crippen LogP contribution in [-0.2, 0) is 5.54 Å². The molecular formula is C21H36N4O. The van der Waals surface area contributed by atoms with Crippen molar-refractivity contribution in [1.82, 2.24) is 14.7 Å². The lowest BCUT2D eigenvalue weighted by molar-refractivity contribution is 0.0755. The van der Waals surface area contributed by atoms with Gasteiger partial charge in [-0.1, -0.05) is 33.1 Å². The van der Waals surface area contributed by atoms with E-state index in [1.165, 1.54) is 32.1 Å². The molecule has 1 aromatic rings. The summed E-state index contributed by atoms with van der Waals surface area (Å²) in [6, 6.07) is 0.563. The van der Waals surface area contributed by atoms with Crippen LogP contribution in [0.1, 0.15) is 89.4 Å². The number of carbonyl (C=O) groups excluding carboxylic acids is 1. The minimum absolute atomic E-state index is 0.0284. The molecule has 0 unspecified atom stereocenters. The van der Waals surface area contributed by atoms with E-state index in [9.17, 15) is 4.79 Å². The van der Waals surface area contributed by atoms with Gasteiger partial charge in [0.15, 0.2) is 0 Å². The molecular weight excluding hydrogens is 324 g/mol. The average molecular weight is 361 g/mol. The van der Waals surface area contributed by atoms with Crippen LogP contribution in [-0.4, -0.2) is 46.3 Å². The van der Waals surface area contributed by atoms with Gasteiger partial charge in [0, 0.05) is 25.7 Å². The zero-order valence-electron chi connectivity index (χ0n) is 17.1. The largest absolute Gasteiger partial charge is 0.353 e. The van der Waals surface area contributed by atoms with Gasteiger partial charge in [-0.05, 0) is 46.0 Å². The first-order valence-corrected chi connectivity index (χ1v) is 10.6. The van der Waals surface area contributed by atoms with Crippen molar-refractivity contribution in [2.45, 2.75) is 90.6 Å². The summed E-state index contributed by atoms with van der Waals surface area (Å²) in [6.07, 6.45) is 11.3. The molecule has 0 bridgehead atoms. The molecule has 2 aliphatic rings. The molecule has 0 atom stereocenters. The van der Waals surface area contributed by atoms with Crippen molar-refractivity contribution in [2.75, 3.05) is 24.5 Å². The lowest BCUT2D eigenvalue weighted by atomic mass is 9.91. The third kappa shape index (κ3) is 3.63. The van der Waals surface area contributed by atoms with Gasteiger partial charge in [-0.2, -0.15) is 5.10 Å². The average Bonchev–Trinajstić information content (AvgIpc) is 3.08. The van der Waals surface area contributed by atoms with Gasteiger partial charge in [0.1, 0.15) is 11.4 Å². The Kier molecular flexibility index (Phi) is 5.93. The smallest absolute Gasteiger partial charge is 0.259 e. The SMILES string of the molecule is CCCN(CCC)C(=O)c1cnn2c1N(C1CCCCC1)CCC2(C)C. The van der Waals surface area contributed by atoms with Crippen LogP contribution in [0.4, 0.5) is 5.82 Å². The standard InChI is InChI=1S/C21H36N4O/c1-5-13-23(14-6-2)20(26)18-16-22-25-19(18)24(15-12-21(25,3)4)17-10-8-7-9-11-17/h16-17H,5-15H2,1-4H3. The van der Waals surface area contributed by atoms with Crippen molar-refractivity contribution >= 4 is 11.7 Å². The van der Waals surface area contributed by atoms with Gasteiger partial charge in [0.05, 0.1) is 11.7 Å². The van der Waals surface area contributed by atoms with E-state index in [1.54, 1.807) is 0 Å². The number of hydrogen-bond donors (Lipinski definition) is 0. The number of rotatable bonds is 6. The van der Waals surface area contributed by atoms with E-state index in [1.807, 2.05) is 11.1 Å². The van der Waals surface area contributed by atoms with Gasteiger partial charge in [-0.25, -0.2) is 4.68 Å². The molecule has 5 heteroatoms. The first-order chi connectivity index (χ1) is 12.5. The van der Waals surface area contributed by atoms with E-state index in [0.717, 1.165) is 50.3 Å². The molecule has 1 aliphatic carbocycles. The van der Waals surface area contributed by atoms with Crippen molar-refractivity contribution in [1.29, 1.82) is 0 Å². The monoisotopic (exact) mass is 360 g/mol. The summed E-state index contributed by atoms with van der Waals surface area (Å²) in [5, 5.41) is 4.71. The molecule has 3 rings (SSSR count). The Balaban J connectivity index is 1.97. The molecule has 0 radical (unpaired) electrons. The molecule has 26 heavy (non-hydrogen) atoms. The molecule has 0 saturated heterocycles. The van der Waals surface area contributed by atoms with Crippen molar-refractivity contribution in [3.63, 3.8) is 0 Å². The van der Waals surface area contributed by atoms with Crippen LogP contribution in [0.2, 0.25) is 0 Å². The number of anilines is 1. The molecule has 0 spiro atoms. The topological polar surface area (TPSA) is 41.4 Å². The van der Waals surface area contributed by atoms with Gasteiger partial charge < -0.3 is 9.80 Å².